The fraction of sp³-hybridized carbons (Fsp3) is 0.310. The summed E-state index contributed by atoms with van der Waals surface area (Å²) in [4.78, 5) is 27.3. The number of fused-ring (bicyclic) bond motifs is 1. The lowest BCUT2D eigenvalue weighted by Gasteiger charge is -2.23. The lowest BCUT2D eigenvalue weighted by molar-refractivity contribution is -0.118. The van der Waals surface area contributed by atoms with Crippen LogP contribution in [0.2, 0.25) is 0 Å². The standard InChI is InChI=1S/C29H33N3O3/c1-20(2)22-11-13-24(14-12-22)32(29(34)35)25-15-16-27-26(17-25)23(9-6-10-28(30)33)19-31(27)18-21-7-4-3-5-8-21/h3-5,7-8,11-17,20,23H,6,9-10,18-19H2,1-2H3,(H2,30,33)(H,34,35). The highest BCUT2D eigenvalue weighted by molar-refractivity contribution is 5.95. The number of rotatable bonds is 9. The Kier molecular flexibility index (Phi) is 7.39. The molecule has 0 saturated carbocycles. The number of nitrogens with two attached hydrogens (primary N) is 1. The van der Waals surface area contributed by atoms with Crippen LogP contribution in [0.25, 0.3) is 0 Å². The average Bonchev–Trinajstić information content (AvgIpc) is 3.16. The molecule has 0 bridgehead atoms. The molecule has 6 nitrogen and oxygen atoms in total. The molecule has 1 unspecified atom stereocenters. The first-order valence-corrected chi connectivity index (χ1v) is 12.2. The van der Waals surface area contributed by atoms with Crippen molar-refractivity contribution in [2.24, 2.45) is 5.73 Å². The predicted octanol–water partition coefficient (Wildman–Crippen LogP) is 6.39. The minimum Gasteiger partial charge on any atom is -0.464 e. The van der Waals surface area contributed by atoms with Gasteiger partial charge >= 0.3 is 6.09 Å². The van der Waals surface area contributed by atoms with Crippen molar-refractivity contribution in [3.63, 3.8) is 0 Å². The van der Waals surface area contributed by atoms with Crippen molar-refractivity contribution in [2.45, 2.75) is 51.5 Å². The summed E-state index contributed by atoms with van der Waals surface area (Å²) < 4.78 is 0. The normalized spacial score (nSPS) is 14.7. The molecule has 6 heteroatoms. The van der Waals surface area contributed by atoms with Crippen LogP contribution in [0.5, 0.6) is 0 Å². The van der Waals surface area contributed by atoms with Crippen molar-refractivity contribution in [1.29, 1.82) is 0 Å². The highest BCUT2D eigenvalue weighted by atomic mass is 16.4. The Morgan fingerprint density at radius 2 is 1.71 bits per heavy atom. The van der Waals surface area contributed by atoms with Gasteiger partial charge in [0.15, 0.2) is 0 Å². The van der Waals surface area contributed by atoms with Crippen LogP contribution in [0.15, 0.2) is 72.8 Å². The maximum Gasteiger partial charge on any atom is 0.416 e. The molecule has 3 N–H and O–H groups in total. The van der Waals surface area contributed by atoms with Gasteiger partial charge in [-0.05, 0) is 65.8 Å². The minimum atomic E-state index is -1.02. The van der Waals surface area contributed by atoms with E-state index in [1.54, 1.807) is 0 Å². The van der Waals surface area contributed by atoms with E-state index >= 15 is 0 Å². The molecule has 0 fully saturated rings. The number of amides is 2. The third-order valence-corrected chi connectivity index (χ3v) is 6.69. The lowest BCUT2D eigenvalue weighted by atomic mass is 9.94. The highest BCUT2D eigenvalue weighted by Gasteiger charge is 2.30. The van der Waals surface area contributed by atoms with Crippen LogP contribution in [0.1, 0.15) is 61.6 Å². The molecule has 3 aromatic rings. The number of benzene rings is 3. The van der Waals surface area contributed by atoms with Crippen LogP contribution in [-0.2, 0) is 11.3 Å². The molecule has 0 radical (unpaired) electrons. The predicted molar refractivity (Wildman–Crippen MR) is 140 cm³/mol. The van der Waals surface area contributed by atoms with Crippen LogP contribution >= 0.6 is 0 Å². The van der Waals surface area contributed by atoms with Gasteiger partial charge in [0, 0.05) is 31.1 Å². The largest absolute Gasteiger partial charge is 0.464 e. The first-order chi connectivity index (χ1) is 16.8. The second-order valence-corrected chi connectivity index (χ2v) is 9.53. The van der Waals surface area contributed by atoms with Crippen LogP contribution in [-0.4, -0.2) is 23.7 Å². The summed E-state index contributed by atoms with van der Waals surface area (Å²) in [7, 11) is 0. The van der Waals surface area contributed by atoms with Crippen LogP contribution in [0, 0.1) is 0 Å². The number of hydrogen-bond donors (Lipinski definition) is 2. The smallest absolute Gasteiger partial charge is 0.416 e. The molecule has 35 heavy (non-hydrogen) atoms. The Hall–Kier alpha value is -3.80. The summed E-state index contributed by atoms with van der Waals surface area (Å²) in [5.74, 6) is 0.283. The van der Waals surface area contributed by atoms with E-state index in [0.717, 1.165) is 30.8 Å². The molecule has 1 atom stereocenters. The van der Waals surface area contributed by atoms with Gasteiger partial charge in [0.05, 0.1) is 11.4 Å². The topological polar surface area (TPSA) is 86.9 Å². The summed E-state index contributed by atoms with van der Waals surface area (Å²) in [6.45, 7) is 5.83. The van der Waals surface area contributed by atoms with Crippen LogP contribution < -0.4 is 15.5 Å². The first-order valence-electron chi connectivity index (χ1n) is 12.2. The summed E-state index contributed by atoms with van der Waals surface area (Å²) in [6, 6.07) is 23.9. The second kappa shape index (κ2) is 10.6. The maximum atomic E-state index is 12.3. The molecule has 182 valence electrons. The van der Waals surface area contributed by atoms with Gasteiger partial charge in [-0.15, -0.1) is 0 Å². The zero-order valence-corrected chi connectivity index (χ0v) is 20.4. The summed E-state index contributed by atoms with van der Waals surface area (Å²) >= 11 is 0. The van der Waals surface area contributed by atoms with Crippen molar-refractivity contribution in [2.75, 3.05) is 16.3 Å². The Bertz CT molecular complexity index is 1180. The van der Waals surface area contributed by atoms with Gasteiger partial charge in [-0.1, -0.05) is 56.3 Å². The fourth-order valence-electron chi connectivity index (χ4n) is 4.86. The van der Waals surface area contributed by atoms with Crippen molar-refractivity contribution >= 4 is 29.1 Å². The van der Waals surface area contributed by atoms with E-state index in [2.05, 4.69) is 30.9 Å². The van der Waals surface area contributed by atoms with Crippen molar-refractivity contribution in [3.05, 3.63) is 89.5 Å². The molecular weight excluding hydrogens is 438 g/mol. The minimum absolute atomic E-state index is 0.201. The molecule has 1 heterocycles. The number of carboxylic acid groups (broad SMARTS) is 1. The monoisotopic (exact) mass is 471 g/mol. The second-order valence-electron chi connectivity index (χ2n) is 9.53. The van der Waals surface area contributed by atoms with E-state index in [1.807, 2.05) is 60.7 Å². The molecule has 0 aromatic heterocycles. The number of primary amides is 1. The Labute approximate surface area is 207 Å². The van der Waals surface area contributed by atoms with Gasteiger partial charge < -0.3 is 15.7 Å². The first kappa shape index (κ1) is 24.3. The van der Waals surface area contributed by atoms with E-state index < -0.39 is 6.09 Å². The molecule has 0 spiro atoms. The Morgan fingerprint density at radius 1 is 1.03 bits per heavy atom. The zero-order chi connectivity index (χ0) is 24.9. The molecular formula is C29H33N3O3. The van der Waals surface area contributed by atoms with Gasteiger partial charge in [0.25, 0.3) is 0 Å². The van der Waals surface area contributed by atoms with Gasteiger partial charge in [-0.3, -0.25) is 4.79 Å². The number of carbonyl (C=O) groups is 2. The fourth-order valence-corrected chi connectivity index (χ4v) is 4.86. The zero-order valence-electron chi connectivity index (χ0n) is 20.4. The van der Waals surface area contributed by atoms with Crippen molar-refractivity contribution in [3.8, 4) is 0 Å². The third kappa shape index (κ3) is 5.65. The lowest BCUT2D eigenvalue weighted by Crippen LogP contribution is -2.23. The molecule has 2 amide bonds. The van der Waals surface area contributed by atoms with Gasteiger partial charge in [0.1, 0.15) is 0 Å². The summed E-state index contributed by atoms with van der Waals surface area (Å²) in [5.41, 5.74) is 11.2. The number of nitrogens with zero attached hydrogens (tertiary/aromatic N) is 2. The molecule has 1 aliphatic rings. The number of anilines is 3. The number of hydrogen-bond acceptors (Lipinski definition) is 3. The quantitative estimate of drug-likeness (QED) is 0.379. The summed E-state index contributed by atoms with van der Waals surface area (Å²) in [5, 5.41) is 10.1. The van der Waals surface area contributed by atoms with Gasteiger partial charge in [-0.25, -0.2) is 9.69 Å². The van der Waals surface area contributed by atoms with Gasteiger partial charge in [0.2, 0.25) is 5.91 Å². The Balaban J connectivity index is 1.66. The van der Waals surface area contributed by atoms with Gasteiger partial charge in [-0.2, -0.15) is 0 Å². The highest BCUT2D eigenvalue weighted by Crippen LogP contribution is 2.42. The van der Waals surface area contributed by atoms with Crippen molar-refractivity contribution in [1.82, 2.24) is 0 Å². The molecule has 0 saturated heterocycles. The molecule has 3 aromatic carbocycles. The van der Waals surface area contributed by atoms with E-state index in [4.69, 9.17) is 5.73 Å². The molecule has 4 rings (SSSR count). The third-order valence-electron chi connectivity index (χ3n) is 6.69. The van der Waals surface area contributed by atoms with E-state index in [9.17, 15) is 14.7 Å². The summed E-state index contributed by atoms with van der Waals surface area (Å²) in [6.07, 6.45) is 0.864. The SMILES string of the molecule is CC(C)c1ccc(N(C(=O)O)c2ccc3c(c2)C(CCCC(N)=O)CN3Cc2ccccc2)cc1. The van der Waals surface area contributed by atoms with Crippen molar-refractivity contribution < 1.29 is 14.7 Å². The maximum absolute atomic E-state index is 12.3. The van der Waals surface area contributed by atoms with Crippen LogP contribution in [0.3, 0.4) is 0 Å². The Morgan fingerprint density at radius 3 is 2.34 bits per heavy atom. The molecule has 1 aliphatic heterocycles. The number of carbonyl (C=O) groups excluding carboxylic acids is 1. The van der Waals surface area contributed by atoms with Crippen LogP contribution in [0.4, 0.5) is 21.9 Å². The van der Waals surface area contributed by atoms with E-state index in [1.165, 1.54) is 16.0 Å². The average molecular weight is 472 g/mol. The van der Waals surface area contributed by atoms with E-state index in [-0.39, 0.29) is 11.8 Å². The van der Waals surface area contributed by atoms with E-state index in [0.29, 0.717) is 30.1 Å². The molecule has 0 aliphatic carbocycles.